The third kappa shape index (κ3) is 3.62. The molecule has 1 unspecified atom stereocenters. The largest absolute Gasteiger partial charge is 0.342 e. The topological polar surface area (TPSA) is 72.3 Å². The first-order valence-electron chi connectivity index (χ1n) is 6.80. The molecule has 2 aliphatic heterocycles. The van der Waals surface area contributed by atoms with Gasteiger partial charge in [-0.1, -0.05) is 5.11 Å². The number of likely N-dealkylation sites (tertiary alicyclic amines) is 2. The summed E-state index contributed by atoms with van der Waals surface area (Å²) in [6.45, 7) is 5.59. The van der Waals surface area contributed by atoms with E-state index < -0.39 is 0 Å². The summed E-state index contributed by atoms with van der Waals surface area (Å²) in [6, 6.07) is 0. The van der Waals surface area contributed by atoms with Crippen LogP contribution >= 0.6 is 0 Å². The fraction of sp³-hybridized carbons (Fsp3) is 0.917. The van der Waals surface area contributed by atoms with Gasteiger partial charge >= 0.3 is 0 Å². The van der Waals surface area contributed by atoms with Crippen molar-refractivity contribution in [3.63, 3.8) is 0 Å². The monoisotopic (exact) mass is 251 g/mol. The van der Waals surface area contributed by atoms with Crippen molar-refractivity contribution < 1.29 is 4.79 Å². The standard InChI is InChI=1S/C12H21N5O/c13-15-14-9-11-8-12(18)17(10-11)7-3-6-16-4-1-2-5-16/h11H,1-10H2. The Morgan fingerprint density at radius 3 is 2.83 bits per heavy atom. The number of nitrogens with zero attached hydrogens (tertiary/aromatic N) is 5. The molecule has 0 saturated carbocycles. The molecule has 2 heterocycles. The summed E-state index contributed by atoms with van der Waals surface area (Å²) in [5.74, 6) is 0.440. The first-order chi connectivity index (χ1) is 8.79. The summed E-state index contributed by atoms with van der Waals surface area (Å²) in [7, 11) is 0. The molecule has 2 rings (SSSR count). The summed E-state index contributed by atoms with van der Waals surface area (Å²) in [4.78, 5) is 18.9. The molecule has 0 aromatic carbocycles. The average molecular weight is 251 g/mol. The fourth-order valence-corrected chi connectivity index (χ4v) is 2.84. The Hall–Kier alpha value is -1.26. The molecule has 0 N–H and O–H groups in total. The molecule has 1 atom stereocenters. The first-order valence-corrected chi connectivity index (χ1v) is 6.80. The van der Waals surface area contributed by atoms with Gasteiger partial charge < -0.3 is 9.80 Å². The molecule has 0 aromatic heterocycles. The van der Waals surface area contributed by atoms with Crippen LogP contribution in [0.1, 0.15) is 25.7 Å². The van der Waals surface area contributed by atoms with E-state index in [0.717, 1.165) is 26.1 Å². The number of hydrogen-bond donors (Lipinski definition) is 0. The van der Waals surface area contributed by atoms with Gasteiger partial charge in [0.15, 0.2) is 0 Å². The zero-order valence-corrected chi connectivity index (χ0v) is 10.8. The number of rotatable bonds is 6. The molecule has 18 heavy (non-hydrogen) atoms. The van der Waals surface area contributed by atoms with Gasteiger partial charge in [0.05, 0.1) is 0 Å². The predicted molar refractivity (Wildman–Crippen MR) is 69.0 cm³/mol. The smallest absolute Gasteiger partial charge is 0.222 e. The van der Waals surface area contributed by atoms with E-state index in [0.29, 0.717) is 13.0 Å². The lowest BCUT2D eigenvalue weighted by Crippen LogP contribution is -2.30. The van der Waals surface area contributed by atoms with Crippen LogP contribution in [0.3, 0.4) is 0 Å². The van der Waals surface area contributed by atoms with Crippen molar-refractivity contribution in [2.45, 2.75) is 25.7 Å². The molecule has 1 amide bonds. The molecule has 0 aromatic rings. The fourth-order valence-electron chi connectivity index (χ4n) is 2.84. The lowest BCUT2D eigenvalue weighted by molar-refractivity contribution is -0.127. The number of amides is 1. The molecule has 2 saturated heterocycles. The summed E-state index contributed by atoms with van der Waals surface area (Å²) in [5.41, 5.74) is 8.28. The van der Waals surface area contributed by atoms with E-state index in [1.807, 2.05) is 4.90 Å². The highest BCUT2D eigenvalue weighted by atomic mass is 16.2. The van der Waals surface area contributed by atoms with Crippen molar-refractivity contribution in [3.05, 3.63) is 10.4 Å². The van der Waals surface area contributed by atoms with Gasteiger partial charge in [-0.05, 0) is 50.3 Å². The van der Waals surface area contributed by atoms with Gasteiger partial charge in [-0.15, -0.1) is 0 Å². The Morgan fingerprint density at radius 1 is 1.33 bits per heavy atom. The highest BCUT2D eigenvalue weighted by Crippen LogP contribution is 2.18. The Balaban J connectivity index is 1.66. The molecule has 0 spiro atoms. The minimum Gasteiger partial charge on any atom is -0.342 e. The van der Waals surface area contributed by atoms with Gasteiger partial charge in [0.1, 0.15) is 0 Å². The average Bonchev–Trinajstić information content (AvgIpc) is 2.98. The van der Waals surface area contributed by atoms with E-state index in [1.165, 1.54) is 25.9 Å². The molecule has 2 fully saturated rings. The van der Waals surface area contributed by atoms with Crippen LogP contribution in [-0.4, -0.2) is 55.0 Å². The van der Waals surface area contributed by atoms with Gasteiger partial charge in [0.25, 0.3) is 0 Å². The van der Waals surface area contributed by atoms with Gasteiger partial charge in [-0.25, -0.2) is 0 Å². The number of carbonyl (C=O) groups is 1. The third-order valence-corrected chi connectivity index (χ3v) is 3.80. The molecule has 0 bridgehead atoms. The molecule has 0 aliphatic carbocycles. The predicted octanol–water partition coefficient (Wildman–Crippen LogP) is 1.63. The Morgan fingerprint density at radius 2 is 2.11 bits per heavy atom. The summed E-state index contributed by atoms with van der Waals surface area (Å²) < 4.78 is 0. The molecule has 0 radical (unpaired) electrons. The second kappa shape index (κ2) is 6.61. The van der Waals surface area contributed by atoms with Crippen LogP contribution in [-0.2, 0) is 4.79 Å². The molecule has 2 aliphatic rings. The second-order valence-electron chi connectivity index (χ2n) is 5.23. The zero-order chi connectivity index (χ0) is 12.8. The van der Waals surface area contributed by atoms with Gasteiger partial charge in [0, 0.05) is 31.0 Å². The highest BCUT2D eigenvalue weighted by Gasteiger charge is 2.28. The van der Waals surface area contributed by atoms with E-state index in [-0.39, 0.29) is 11.8 Å². The Bertz CT molecular complexity index is 333. The minimum atomic E-state index is 0.217. The van der Waals surface area contributed by atoms with E-state index in [1.54, 1.807) is 0 Å². The Labute approximate surface area is 108 Å². The summed E-state index contributed by atoms with van der Waals surface area (Å²) in [6.07, 6.45) is 4.23. The lowest BCUT2D eigenvalue weighted by Gasteiger charge is -2.19. The van der Waals surface area contributed by atoms with Crippen LogP contribution < -0.4 is 0 Å². The van der Waals surface area contributed by atoms with Gasteiger partial charge in [-0.3, -0.25) is 4.79 Å². The number of azide groups is 1. The third-order valence-electron chi connectivity index (χ3n) is 3.80. The van der Waals surface area contributed by atoms with Gasteiger partial charge in [-0.2, -0.15) is 0 Å². The molecule has 100 valence electrons. The van der Waals surface area contributed by atoms with Gasteiger partial charge in [0.2, 0.25) is 5.91 Å². The SMILES string of the molecule is [N-]=[N+]=NCC1CC(=O)N(CCCN2CCCC2)C1. The number of carbonyl (C=O) groups excluding carboxylic acids is 1. The normalized spacial score (nSPS) is 24.6. The summed E-state index contributed by atoms with van der Waals surface area (Å²) in [5, 5.41) is 3.56. The first kappa shape index (κ1) is 13.2. The molecule has 6 nitrogen and oxygen atoms in total. The maximum atomic E-state index is 11.8. The van der Waals surface area contributed by atoms with Crippen LogP contribution in [0.15, 0.2) is 5.11 Å². The van der Waals surface area contributed by atoms with E-state index in [9.17, 15) is 4.79 Å². The molecular formula is C12H21N5O. The summed E-state index contributed by atoms with van der Waals surface area (Å²) >= 11 is 0. The highest BCUT2D eigenvalue weighted by molar-refractivity contribution is 5.78. The van der Waals surface area contributed by atoms with Crippen LogP contribution in [0.5, 0.6) is 0 Å². The molecule has 6 heteroatoms. The van der Waals surface area contributed by atoms with Crippen molar-refractivity contribution in [1.82, 2.24) is 9.80 Å². The lowest BCUT2D eigenvalue weighted by atomic mass is 10.1. The van der Waals surface area contributed by atoms with Crippen LogP contribution in [0.4, 0.5) is 0 Å². The van der Waals surface area contributed by atoms with Crippen molar-refractivity contribution >= 4 is 5.91 Å². The second-order valence-corrected chi connectivity index (χ2v) is 5.23. The van der Waals surface area contributed by atoms with Crippen molar-refractivity contribution in [2.24, 2.45) is 11.0 Å². The number of hydrogen-bond acceptors (Lipinski definition) is 3. The van der Waals surface area contributed by atoms with Crippen molar-refractivity contribution in [1.29, 1.82) is 0 Å². The van der Waals surface area contributed by atoms with E-state index in [2.05, 4.69) is 14.9 Å². The van der Waals surface area contributed by atoms with Crippen molar-refractivity contribution in [2.75, 3.05) is 39.3 Å². The maximum Gasteiger partial charge on any atom is 0.222 e. The van der Waals surface area contributed by atoms with E-state index >= 15 is 0 Å². The minimum absolute atomic E-state index is 0.217. The maximum absolute atomic E-state index is 11.8. The van der Waals surface area contributed by atoms with Crippen LogP contribution in [0, 0.1) is 5.92 Å². The quantitative estimate of drug-likeness (QED) is 0.409. The van der Waals surface area contributed by atoms with Crippen LogP contribution in [0.25, 0.3) is 10.4 Å². The van der Waals surface area contributed by atoms with Crippen LogP contribution in [0.2, 0.25) is 0 Å². The zero-order valence-electron chi connectivity index (χ0n) is 10.8. The van der Waals surface area contributed by atoms with Crippen molar-refractivity contribution in [3.8, 4) is 0 Å². The van der Waals surface area contributed by atoms with E-state index in [4.69, 9.17) is 5.53 Å². The Kier molecular flexibility index (Phi) is 4.84. The molecular weight excluding hydrogens is 230 g/mol.